The molecule has 3 rings (SSSR count). The van der Waals surface area contributed by atoms with Gasteiger partial charge in [0.05, 0.1) is 13.2 Å². The van der Waals surface area contributed by atoms with Crippen molar-refractivity contribution in [2.24, 2.45) is 0 Å². The molecule has 0 spiro atoms. The van der Waals surface area contributed by atoms with E-state index >= 15 is 0 Å². The second kappa shape index (κ2) is 5.97. The Labute approximate surface area is 122 Å². The molecular formula is C15H17N3O3. The first kappa shape index (κ1) is 13.6. The van der Waals surface area contributed by atoms with Gasteiger partial charge >= 0.3 is 0 Å². The van der Waals surface area contributed by atoms with E-state index < -0.39 is 0 Å². The lowest BCUT2D eigenvalue weighted by atomic mass is 10.2. The predicted octanol–water partition coefficient (Wildman–Crippen LogP) is 2.72. The third-order valence-electron chi connectivity index (χ3n) is 3.37. The topological polar surface area (TPSA) is 73.3 Å². The summed E-state index contributed by atoms with van der Waals surface area (Å²) in [4.78, 5) is 3.99. The number of furan rings is 1. The normalized spacial score (nSPS) is 12.7. The number of aromatic nitrogens is 2. The number of benzene rings is 1. The lowest BCUT2D eigenvalue weighted by Crippen LogP contribution is -2.21. The number of hydrogen-bond donors (Lipinski definition) is 1. The van der Waals surface area contributed by atoms with Gasteiger partial charge in [0.15, 0.2) is 17.7 Å². The maximum absolute atomic E-state index is 5.90. The Balaban J connectivity index is 1.68. The summed E-state index contributed by atoms with van der Waals surface area (Å²) in [5.41, 5.74) is 0.778. The van der Waals surface area contributed by atoms with Crippen LogP contribution >= 0.6 is 0 Å². The number of methoxy groups -OCH3 is 1. The summed E-state index contributed by atoms with van der Waals surface area (Å²) in [6.45, 7) is 2.79. The Morgan fingerprint density at radius 1 is 1.38 bits per heavy atom. The van der Waals surface area contributed by atoms with Crippen LogP contribution < -0.4 is 10.1 Å². The van der Waals surface area contributed by atoms with Gasteiger partial charge in [-0.1, -0.05) is 17.3 Å². The molecule has 2 aromatic heterocycles. The fourth-order valence-electron chi connectivity index (χ4n) is 2.23. The number of hydrogen-bond acceptors (Lipinski definition) is 6. The summed E-state index contributed by atoms with van der Waals surface area (Å²) < 4.78 is 16.2. The molecule has 1 unspecified atom stereocenters. The van der Waals surface area contributed by atoms with Gasteiger partial charge in [0.2, 0.25) is 5.89 Å². The lowest BCUT2D eigenvalue weighted by Gasteiger charge is -2.09. The summed E-state index contributed by atoms with van der Waals surface area (Å²) in [7, 11) is 1.64. The third kappa shape index (κ3) is 2.90. The van der Waals surface area contributed by atoms with Crippen LogP contribution in [0.1, 0.15) is 24.6 Å². The number of rotatable bonds is 6. The Hall–Kier alpha value is -2.34. The largest absolute Gasteiger partial charge is 0.493 e. The van der Waals surface area contributed by atoms with Gasteiger partial charge in [-0.25, -0.2) is 0 Å². The van der Waals surface area contributed by atoms with Crippen LogP contribution in [0, 0.1) is 0 Å². The van der Waals surface area contributed by atoms with E-state index in [0.29, 0.717) is 12.3 Å². The van der Waals surface area contributed by atoms with E-state index in [9.17, 15) is 0 Å². The Bertz CT molecular complexity index is 706. The van der Waals surface area contributed by atoms with Crippen molar-refractivity contribution in [1.29, 1.82) is 0 Å². The van der Waals surface area contributed by atoms with Gasteiger partial charge in [0.1, 0.15) is 5.76 Å². The zero-order chi connectivity index (χ0) is 14.7. The monoisotopic (exact) mass is 287 g/mol. The highest BCUT2D eigenvalue weighted by Gasteiger charge is 2.13. The molecule has 0 bridgehead atoms. The quantitative estimate of drug-likeness (QED) is 0.751. The molecule has 0 fully saturated rings. The Morgan fingerprint density at radius 2 is 2.29 bits per heavy atom. The lowest BCUT2D eigenvalue weighted by molar-refractivity contribution is 0.368. The molecule has 0 saturated carbocycles. The highest BCUT2D eigenvalue weighted by atomic mass is 16.5. The number of ether oxygens (including phenoxy) is 1. The summed E-state index contributed by atoms with van der Waals surface area (Å²) in [6.07, 6.45) is 2.10. The van der Waals surface area contributed by atoms with Crippen molar-refractivity contribution in [2.45, 2.75) is 19.4 Å². The fourth-order valence-corrected chi connectivity index (χ4v) is 2.23. The van der Waals surface area contributed by atoms with Crippen LogP contribution in [0.25, 0.3) is 11.0 Å². The molecule has 1 N–H and O–H groups in total. The summed E-state index contributed by atoms with van der Waals surface area (Å²) in [5.74, 6) is 2.25. The molecule has 1 atom stereocenters. The molecule has 3 aromatic rings. The van der Waals surface area contributed by atoms with Crippen molar-refractivity contribution < 1.29 is 13.7 Å². The molecule has 0 aliphatic rings. The highest BCUT2D eigenvalue weighted by Crippen LogP contribution is 2.30. The predicted molar refractivity (Wildman–Crippen MR) is 77.2 cm³/mol. The van der Waals surface area contributed by atoms with Crippen LogP contribution in [-0.2, 0) is 6.42 Å². The van der Waals surface area contributed by atoms with Crippen LogP contribution in [-0.4, -0.2) is 23.8 Å². The van der Waals surface area contributed by atoms with Crippen molar-refractivity contribution in [3.05, 3.63) is 42.2 Å². The second-order valence-electron chi connectivity index (χ2n) is 4.79. The van der Waals surface area contributed by atoms with Gasteiger partial charge in [-0.3, -0.25) is 0 Å². The minimum Gasteiger partial charge on any atom is -0.493 e. The number of para-hydroxylation sites is 1. The average Bonchev–Trinajstić information content (AvgIpc) is 3.15. The van der Waals surface area contributed by atoms with Gasteiger partial charge in [-0.05, 0) is 19.1 Å². The van der Waals surface area contributed by atoms with E-state index in [-0.39, 0.29) is 6.04 Å². The fraction of sp³-hybridized carbons (Fsp3) is 0.333. The van der Waals surface area contributed by atoms with Gasteiger partial charge in [-0.2, -0.15) is 4.98 Å². The molecule has 0 aliphatic carbocycles. The van der Waals surface area contributed by atoms with Crippen molar-refractivity contribution >= 4 is 11.0 Å². The maximum atomic E-state index is 5.90. The summed E-state index contributed by atoms with van der Waals surface area (Å²) >= 11 is 0. The molecule has 2 heterocycles. The van der Waals surface area contributed by atoms with Gasteiger partial charge in [0.25, 0.3) is 0 Å². The van der Waals surface area contributed by atoms with Gasteiger partial charge < -0.3 is 19.0 Å². The zero-order valence-corrected chi connectivity index (χ0v) is 12.0. The van der Waals surface area contributed by atoms with E-state index in [1.54, 1.807) is 7.11 Å². The first-order chi connectivity index (χ1) is 10.3. The number of fused-ring (bicyclic) bond motifs is 1. The number of nitrogens with one attached hydrogen (secondary N) is 1. The molecule has 6 nitrogen and oxygen atoms in total. The average molecular weight is 287 g/mol. The minimum atomic E-state index is 0.0880. The Morgan fingerprint density at radius 3 is 3.05 bits per heavy atom. The first-order valence-corrected chi connectivity index (χ1v) is 6.83. The maximum Gasteiger partial charge on any atom is 0.227 e. The van der Waals surface area contributed by atoms with Crippen LogP contribution in [0.3, 0.4) is 0 Å². The van der Waals surface area contributed by atoms with E-state index in [1.165, 1.54) is 6.33 Å². The van der Waals surface area contributed by atoms with Crippen LogP contribution in [0.2, 0.25) is 0 Å². The smallest absolute Gasteiger partial charge is 0.227 e. The Kier molecular flexibility index (Phi) is 3.87. The van der Waals surface area contributed by atoms with Crippen LogP contribution in [0.4, 0.5) is 0 Å². The molecule has 0 amide bonds. The molecule has 0 saturated heterocycles. The molecule has 21 heavy (non-hydrogen) atoms. The molecular weight excluding hydrogens is 270 g/mol. The van der Waals surface area contributed by atoms with Crippen molar-refractivity contribution in [3.8, 4) is 5.75 Å². The zero-order valence-electron chi connectivity index (χ0n) is 12.0. The van der Waals surface area contributed by atoms with Crippen molar-refractivity contribution in [2.75, 3.05) is 13.7 Å². The van der Waals surface area contributed by atoms with Crippen LogP contribution in [0.5, 0.6) is 5.75 Å². The van der Waals surface area contributed by atoms with Gasteiger partial charge in [-0.15, -0.1) is 0 Å². The van der Waals surface area contributed by atoms with E-state index in [1.807, 2.05) is 24.3 Å². The molecule has 0 radical (unpaired) electrons. The molecule has 6 heteroatoms. The van der Waals surface area contributed by atoms with E-state index in [0.717, 1.165) is 29.0 Å². The molecule has 0 aliphatic heterocycles. The van der Waals surface area contributed by atoms with E-state index in [2.05, 4.69) is 22.4 Å². The standard InChI is InChI=1S/C15H17N3O3/c1-10(16-7-6-14-17-9-18-21-14)13-8-11-4-3-5-12(19-2)15(11)20-13/h3-5,8-10,16H,6-7H2,1-2H3. The summed E-state index contributed by atoms with van der Waals surface area (Å²) in [5, 5.41) is 7.99. The number of nitrogens with zero attached hydrogens (tertiary/aromatic N) is 2. The van der Waals surface area contributed by atoms with Gasteiger partial charge in [0, 0.05) is 18.4 Å². The SMILES string of the molecule is COc1cccc2cc(C(C)NCCc3ncno3)oc12. The van der Waals surface area contributed by atoms with Crippen LogP contribution in [0.15, 0.2) is 39.5 Å². The first-order valence-electron chi connectivity index (χ1n) is 6.83. The highest BCUT2D eigenvalue weighted by molar-refractivity contribution is 5.83. The molecule has 1 aromatic carbocycles. The summed E-state index contributed by atoms with van der Waals surface area (Å²) in [6, 6.07) is 7.97. The second-order valence-corrected chi connectivity index (χ2v) is 4.79. The minimum absolute atomic E-state index is 0.0880. The van der Waals surface area contributed by atoms with Crippen molar-refractivity contribution in [1.82, 2.24) is 15.5 Å². The van der Waals surface area contributed by atoms with Crippen molar-refractivity contribution in [3.63, 3.8) is 0 Å². The molecule has 110 valence electrons. The van der Waals surface area contributed by atoms with E-state index in [4.69, 9.17) is 13.7 Å². The third-order valence-corrected chi connectivity index (χ3v) is 3.37.